The molecule has 1 atom stereocenters. The number of aromatic nitrogens is 1. The predicted octanol–water partition coefficient (Wildman–Crippen LogP) is 1.52. The lowest BCUT2D eigenvalue weighted by Crippen LogP contribution is -3.15. The number of pyridine rings is 1. The molecule has 1 amide bonds. The van der Waals surface area contributed by atoms with Gasteiger partial charge in [0, 0.05) is 11.6 Å². The lowest BCUT2D eigenvalue weighted by atomic mass is 10.1. The molecule has 0 aliphatic carbocycles. The zero-order valence-corrected chi connectivity index (χ0v) is 16.9. The Morgan fingerprint density at radius 3 is 2.47 bits per heavy atom. The molecule has 1 saturated heterocycles. The van der Waals surface area contributed by atoms with E-state index in [-0.39, 0.29) is 17.8 Å². The zero-order valence-electron chi connectivity index (χ0n) is 16.9. The Morgan fingerprint density at radius 1 is 1.03 bits per heavy atom. The molecule has 1 fully saturated rings. The van der Waals surface area contributed by atoms with E-state index in [0.29, 0.717) is 17.8 Å². The van der Waals surface area contributed by atoms with Gasteiger partial charge in [0.2, 0.25) is 0 Å². The second-order valence-electron chi connectivity index (χ2n) is 7.56. The number of para-hydroxylation sites is 1. The number of aromatic amines is 1. The lowest BCUT2D eigenvalue weighted by molar-refractivity contribution is -0.931. The van der Waals surface area contributed by atoms with Crippen molar-refractivity contribution in [1.29, 1.82) is 0 Å². The molecule has 3 N–H and O–H groups in total. The predicted molar refractivity (Wildman–Crippen MR) is 114 cm³/mol. The van der Waals surface area contributed by atoms with Crippen molar-refractivity contribution >= 4 is 11.6 Å². The van der Waals surface area contributed by atoms with E-state index in [9.17, 15) is 9.18 Å². The van der Waals surface area contributed by atoms with E-state index in [1.54, 1.807) is 6.07 Å². The number of carbonyl (C=O) groups excluding carboxylic acids is 1. The lowest BCUT2D eigenvalue weighted by Gasteiger charge is -2.37. The first kappa shape index (κ1) is 20.0. The number of anilines is 1. The van der Waals surface area contributed by atoms with E-state index in [2.05, 4.69) is 21.3 Å². The summed E-state index contributed by atoms with van der Waals surface area (Å²) in [6.07, 6.45) is 3.88. The highest BCUT2D eigenvalue weighted by Gasteiger charge is 2.30. The maximum Gasteiger partial charge on any atom is 0.251 e. The van der Waals surface area contributed by atoms with E-state index in [1.807, 2.05) is 60.9 Å². The number of hydrogen-bond acceptors (Lipinski definition) is 2. The van der Waals surface area contributed by atoms with E-state index in [4.69, 9.17) is 0 Å². The van der Waals surface area contributed by atoms with Gasteiger partial charge in [0.15, 0.2) is 12.4 Å². The molecule has 4 rings (SSSR count). The van der Waals surface area contributed by atoms with E-state index in [0.717, 1.165) is 31.7 Å². The van der Waals surface area contributed by atoms with E-state index < -0.39 is 0 Å². The number of quaternary nitrogens is 1. The highest BCUT2D eigenvalue weighted by atomic mass is 19.1. The first-order chi connectivity index (χ1) is 14.7. The van der Waals surface area contributed by atoms with Gasteiger partial charge in [0.1, 0.15) is 11.9 Å². The fourth-order valence-corrected chi connectivity index (χ4v) is 4.10. The molecule has 1 aliphatic heterocycles. The third-order valence-electron chi connectivity index (χ3n) is 5.73. The molecule has 1 aliphatic rings. The first-order valence-corrected chi connectivity index (χ1v) is 10.4. The number of H-pyrrole nitrogens is 1. The van der Waals surface area contributed by atoms with Crippen LogP contribution >= 0.6 is 0 Å². The van der Waals surface area contributed by atoms with Gasteiger partial charge in [-0.1, -0.05) is 30.3 Å². The van der Waals surface area contributed by atoms with Gasteiger partial charge in [0.25, 0.3) is 5.91 Å². The molecule has 3 aromatic rings. The molecular weight excluding hydrogens is 379 g/mol. The normalized spacial score (nSPS) is 15.6. The maximum atomic E-state index is 14.2. The van der Waals surface area contributed by atoms with Crippen LogP contribution in [0.25, 0.3) is 0 Å². The number of nitrogens with one attached hydrogen (secondary N) is 3. The molecule has 0 bridgehead atoms. The van der Waals surface area contributed by atoms with Crippen molar-refractivity contribution in [2.45, 2.75) is 6.04 Å². The smallest absolute Gasteiger partial charge is 0.251 e. The summed E-state index contributed by atoms with van der Waals surface area (Å²) >= 11 is 0. The van der Waals surface area contributed by atoms with Gasteiger partial charge in [-0.15, -0.1) is 0 Å². The molecular formula is C24H27FN4O+2. The van der Waals surface area contributed by atoms with Gasteiger partial charge in [0.05, 0.1) is 44.0 Å². The van der Waals surface area contributed by atoms with Crippen molar-refractivity contribution in [2.24, 2.45) is 0 Å². The molecule has 0 spiro atoms. The molecule has 30 heavy (non-hydrogen) atoms. The van der Waals surface area contributed by atoms with Gasteiger partial charge in [-0.2, -0.15) is 0 Å². The number of piperazine rings is 1. The summed E-state index contributed by atoms with van der Waals surface area (Å²) in [5.41, 5.74) is 2.48. The van der Waals surface area contributed by atoms with Gasteiger partial charge in [-0.3, -0.25) is 4.79 Å². The summed E-state index contributed by atoms with van der Waals surface area (Å²) in [6, 6.07) is 20.4. The van der Waals surface area contributed by atoms with Crippen molar-refractivity contribution in [2.75, 3.05) is 37.6 Å². The van der Waals surface area contributed by atoms with Crippen molar-refractivity contribution in [3.63, 3.8) is 0 Å². The number of benzene rings is 2. The Hall–Kier alpha value is -3.25. The highest BCUT2D eigenvalue weighted by Crippen LogP contribution is 2.18. The average molecular weight is 407 g/mol. The quantitative estimate of drug-likeness (QED) is 0.652. The summed E-state index contributed by atoms with van der Waals surface area (Å²) in [5, 5.41) is 3.10. The van der Waals surface area contributed by atoms with Crippen molar-refractivity contribution < 1.29 is 19.1 Å². The fraction of sp³-hybridized carbons (Fsp3) is 0.250. The molecule has 2 heterocycles. The summed E-state index contributed by atoms with van der Waals surface area (Å²) in [6.45, 7) is 3.83. The number of nitrogens with zero attached hydrogens (tertiary/aromatic N) is 1. The average Bonchev–Trinajstić information content (AvgIpc) is 2.81. The summed E-state index contributed by atoms with van der Waals surface area (Å²) in [5.74, 6) is -0.241. The minimum atomic E-state index is -0.176. The number of hydrogen-bond donors (Lipinski definition) is 2. The maximum absolute atomic E-state index is 14.2. The van der Waals surface area contributed by atoms with E-state index >= 15 is 0 Å². The SMILES string of the molecule is O=C(NCC(c1ccc[nH+]c1)[NH+]1CCN(c2ccccc2F)CC1)c1ccccc1. The van der Waals surface area contributed by atoms with Crippen LogP contribution in [0.15, 0.2) is 79.1 Å². The topological polar surface area (TPSA) is 50.9 Å². The van der Waals surface area contributed by atoms with Crippen molar-refractivity contribution in [1.82, 2.24) is 5.32 Å². The standard InChI is InChI=1S/C24H25FN4O/c25-21-10-4-5-11-22(21)28-13-15-29(16-14-28)23(20-9-6-12-26-17-20)18-27-24(30)19-7-2-1-3-8-19/h1-12,17,23H,13-16,18H2,(H,27,30)/p+2. The van der Waals surface area contributed by atoms with Crippen LogP contribution in [0.1, 0.15) is 22.0 Å². The largest absolute Gasteiger partial charge is 0.358 e. The molecule has 1 unspecified atom stereocenters. The van der Waals surface area contributed by atoms with E-state index in [1.165, 1.54) is 11.0 Å². The summed E-state index contributed by atoms with van der Waals surface area (Å²) in [4.78, 5) is 19.2. The van der Waals surface area contributed by atoms with Gasteiger partial charge in [-0.25, -0.2) is 9.37 Å². The molecule has 2 aromatic carbocycles. The monoisotopic (exact) mass is 406 g/mol. The van der Waals surface area contributed by atoms with Crippen molar-refractivity contribution in [3.8, 4) is 0 Å². The zero-order chi connectivity index (χ0) is 20.8. The van der Waals surface area contributed by atoms with Gasteiger partial charge < -0.3 is 15.1 Å². The minimum Gasteiger partial charge on any atom is -0.358 e. The Bertz CT molecular complexity index is 959. The first-order valence-electron chi connectivity index (χ1n) is 10.4. The number of halogens is 1. The minimum absolute atomic E-state index is 0.0649. The van der Waals surface area contributed by atoms with Crippen LogP contribution in [0, 0.1) is 5.82 Å². The Morgan fingerprint density at radius 2 is 1.77 bits per heavy atom. The number of amides is 1. The van der Waals surface area contributed by atoms with Crippen LogP contribution in [0.2, 0.25) is 0 Å². The van der Waals surface area contributed by atoms with Gasteiger partial charge in [-0.05, 0) is 30.3 Å². The highest BCUT2D eigenvalue weighted by molar-refractivity contribution is 5.94. The third kappa shape index (κ3) is 4.66. The molecule has 6 heteroatoms. The van der Waals surface area contributed by atoms with Crippen LogP contribution in [-0.2, 0) is 0 Å². The third-order valence-corrected chi connectivity index (χ3v) is 5.73. The Labute approximate surface area is 176 Å². The Balaban J connectivity index is 1.45. The Kier molecular flexibility index (Phi) is 6.35. The molecule has 1 aromatic heterocycles. The molecule has 0 saturated carbocycles. The second kappa shape index (κ2) is 9.50. The van der Waals surface area contributed by atoms with Crippen LogP contribution < -0.4 is 20.1 Å². The van der Waals surface area contributed by atoms with Gasteiger partial charge >= 0.3 is 0 Å². The second-order valence-corrected chi connectivity index (χ2v) is 7.56. The van der Waals surface area contributed by atoms with Crippen molar-refractivity contribution in [3.05, 3.63) is 96.1 Å². The van der Waals surface area contributed by atoms with Crippen LogP contribution in [0.4, 0.5) is 10.1 Å². The fourth-order valence-electron chi connectivity index (χ4n) is 4.10. The van der Waals surface area contributed by atoms with Crippen LogP contribution in [0.3, 0.4) is 0 Å². The summed E-state index contributed by atoms with van der Waals surface area (Å²) in [7, 11) is 0. The van der Waals surface area contributed by atoms with Crippen LogP contribution in [0.5, 0.6) is 0 Å². The molecule has 5 nitrogen and oxygen atoms in total. The number of carbonyl (C=O) groups is 1. The van der Waals surface area contributed by atoms with Crippen LogP contribution in [-0.4, -0.2) is 38.6 Å². The summed E-state index contributed by atoms with van der Waals surface area (Å²) < 4.78 is 14.2. The molecule has 154 valence electrons. The number of rotatable bonds is 6. The molecule has 0 radical (unpaired) electrons.